The number of nitrogens with zero attached hydrogens (tertiary/aromatic N) is 1. The predicted octanol–water partition coefficient (Wildman–Crippen LogP) is 1.92. The normalized spacial score (nSPS) is 17.0. The number of piperidine rings is 1. The number of nitrogens with two attached hydrogens (primary N) is 1. The van der Waals surface area contributed by atoms with E-state index in [0.29, 0.717) is 5.56 Å². The van der Waals surface area contributed by atoms with Gasteiger partial charge < -0.3 is 11.1 Å². The van der Waals surface area contributed by atoms with Crippen LogP contribution in [0.5, 0.6) is 0 Å². The average Bonchev–Trinajstić information content (AvgIpc) is 2.48. The number of primary amides is 1. The number of amides is 1. The van der Waals surface area contributed by atoms with Gasteiger partial charge in [0.1, 0.15) is 0 Å². The van der Waals surface area contributed by atoms with Gasteiger partial charge >= 0.3 is 0 Å². The van der Waals surface area contributed by atoms with Crippen LogP contribution in [0.3, 0.4) is 0 Å². The molecule has 0 aromatic heterocycles. The summed E-state index contributed by atoms with van der Waals surface area (Å²) >= 11 is 0. The van der Waals surface area contributed by atoms with E-state index in [4.69, 9.17) is 5.73 Å². The molecule has 1 aromatic carbocycles. The number of rotatable bonds is 6. The second-order valence-electron chi connectivity index (χ2n) is 6.03. The molecule has 0 unspecified atom stereocenters. The topological polar surface area (TPSA) is 58.4 Å². The van der Waals surface area contributed by atoms with Crippen molar-refractivity contribution in [2.75, 3.05) is 26.2 Å². The molecule has 1 heterocycles. The van der Waals surface area contributed by atoms with Crippen LogP contribution in [0, 0.1) is 12.8 Å². The molecule has 1 amide bonds. The van der Waals surface area contributed by atoms with Gasteiger partial charge in [-0.25, -0.2) is 0 Å². The summed E-state index contributed by atoms with van der Waals surface area (Å²) in [6, 6.07) is 5.78. The summed E-state index contributed by atoms with van der Waals surface area (Å²) in [5, 5.41) is 3.45. The van der Waals surface area contributed by atoms with Crippen molar-refractivity contribution in [3.63, 3.8) is 0 Å². The summed E-state index contributed by atoms with van der Waals surface area (Å²) in [5.74, 6) is 0.466. The summed E-state index contributed by atoms with van der Waals surface area (Å²) in [4.78, 5) is 13.7. The maximum absolute atomic E-state index is 11.2. The first-order valence-corrected chi connectivity index (χ1v) is 7.92. The lowest BCUT2D eigenvalue weighted by atomic mass is 9.96. The summed E-state index contributed by atoms with van der Waals surface area (Å²) in [6.07, 6.45) is 2.54. The first-order chi connectivity index (χ1) is 10.1. The first kappa shape index (κ1) is 16.0. The minimum Gasteiger partial charge on any atom is -0.366 e. The van der Waals surface area contributed by atoms with E-state index in [0.717, 1.165) is 44.2 Å². The van der Waals surface area contributed by atoms with Crippen molar-refractivity contribution in [1.29, 1.82) is 0 Å². The number of hydrogen-bond acceptors (Lipinski definition) is 3. The fourth-order valence-corrected chi connectivity index (χ4v) is 2.96. The van der Waals surface area contributed by atoms with Crippen molar-refractivity contribution in [3.05, 3.63) is 34.9 Å². The van der Waals surface area contributed by atoms with E-state index in [2.05, 4.69) is 24.1 Å². The maximum Gasteiger partial charge on any atom is 0.248 e. The quantitative estimate of drug-likeness (QED) is 0.841. The molecule has 0 atom stereocenters. The Morgan fingerprint density at radius 1 is 1.38 bits per heavy atom. The Morgan fingerprint density at radius 3 is 2.67 bits per heavy atom. The average molecular weight is 289 g/mol. The third-order valence-corrected chi connectivity index (χ3v) is 4.41. The van der Waals surface area contributed by atoms with Crippen LogP contribution in [0.25, 0.3) is 0 Å². The van der Waals surface area contributed by atoms with Crippen molar-refractivity contribution >= 4 is 5.91 Å². The molecule has 1 aliphatic rings. The number of benzene rings is 1. The number of aryl methyl sites for hydroxylation is 1. The van der Waals surface area contributed by atoms with Crippen molar-refractivity contribution < 1.29 is 4.79 Å². The minimum atomic E-state index is -0.353. The van der Waals surface area contributed by atoms with Crippen molar-refractivity contribution in [3.8, 4) is 0 Å². The SMILES string of the molecule is CCNCC1CCN(Cc2ccc(C(N)=O)cc2C)CC1. The predicted molar refractivity (Wildman–Crippen MR) is 86.2 cm³/mol. The Labute approximate surface area is 127 Å². The van der Waals surface area contributed by atoms with Crippen molar-refractivity contribution in [2.24, 2.45) is 11.7 Å². The summed E-state index contributed by atoms with van der Waals surface area (Å²) in [6.45, 7) is 9.72. The molecule has 2 rings (SSSR count). The van der Waals surface area contributed by atoms with Crippen LogP contribution in [0.15, 0.2) is 18.2 Å². The van der Waals surface area contributed by atoms with Gasteiger partial charge in [0.05, 0.1) is 0 Å². The monoisotopic (exact) mass is 289 g/mol. The molecule has 0 saturated carbocycles. The van der Waals surface area contributed by atoms with Crippen LogP contribution >= 0.6 is 0 Å². The van der Waals surface area contributed by atoms with Gasteiger partial charge in [-0.2, -0.15) is 0 Å². The van der Waals surface area contributed by atoms with E-state index in [9.17, 15) is 4.79 Å². The second-order valence-corrected chi connectivity index (χ2v) is 6.03. The van der Waals surface area contributed by atoms with Gasteiger partial charge in [0.25, 0.3) is 0 Å². The van der Waals surface area contributed by atoms with Gasteiger partial charge in [-0.1, -0.05) is 13.0 Å². The zero-order chi connectivity index (χ0) is 15.2. The van der Waals surface area contributed by atoms with Crippen molar-refractivity contribution in [2.45, 2.75) is 33.2 Å². The van der Waals surface area contributed by atoms with Crippen LogP contribution in [-0.4, -0.2) is 37.0 Å². The molecule has 4 nitrogen and oxygen atoms in total. The van der Waals surface area contributed by atoms with E-state index < -0.39 is 0 Å². The summed E-state index contributed by atoms with van der Waals surface area (Å²) in [5.41, 5.74) is 8.36. The molecule has 1 fully saturated rings. The van der Waals surface area contributed by atoms with Gasteiger partial charge in [-0.15, -0.1) is 0 Å². The third-order valence-electron chi connectivity index (χ3n) is 4.41. The van der Waals surface area contributed by atoms with Gasteiger partial charge in [0.2, 0.25) is 5.91 Å². The van der Waals surface area contributed by atoms with Crippen LogP contribution in [0.2, 0.25) is 0 Å². The zero-order valence-electron chi connectivity index (χ0n) is 13.2. The second kappa shape index (κ2) is 7.57. The number of carbonyl (C=O) groups excluding carboxylic acids is 1. The molecule has 1 saturated heterocycles. The Balaban J connectivity index is 1.87. The summed E-state index contributed by atoms with van der Waals surface area (Å²) in [7, 11) is 0. The lowest BCUT2D eigenvalue weighted by Gasteiger charge is -2.32. The Kier molecular flexibility index (Phi) is 5.76. The highest BCUT2D eigenvalue weighted by Crippen LogP contribution is 2.20. The standard InChI is InChI=1S/C17H27N3O/c1-3-19-11-14-6-8-20(9-7-14)12-16-5-4-15(17(18)21)10-13(16)2/h4-5,10,14,19H,3,6-9,11-12H2,1-2H3,(H2,18,21). The van der Waals surface area contributed by atoms with Gasteiger partial charge in [-0.3, -0.25) is 9.69 Å². The fourth-order valence-electron chi connectivity index (χ4n) is 2.96. The van der Waals surface area contributed by atoms with E-state index in [1.807, 2.05) is 18.2 Å². The molecule has 21 heavy (non-hydrogen) atoms. The Bertz CT molecular complexity index is 479. The highest BCUT2D eigenvalue weighted by molar-refractivity contribution is 5.93. The van der Waals surface area contributed by atoms with E-state index in [1.54, 1.807) is 0 Å². The lowest BCUT2D eigenvalue weighted by Crippen LogP contribution is -2.37. The van der Waals surface area contributed by atoms with Crippen molar-refractivity contribution in [1.82, 2.24) is 10.2 Å². The number of carbonyl (C=O) groups is 1. The molecular formula is C17H27N3O. The number of nitrogens with one attached hydrogen (secondary N) is 1. The molecular weight excluding hydrogens is 262 g/mol. The van der Waals surface area contributed by atoms with E-state index >= 15 is 0 Å². The molecule has 1 aliphatic heterocycles. The summed E-state index contributed by atoms with van der Waals surface area (Å²) < 4.78 is 0. The highest BCUT2D eigenvalue weighted by Gasteiger charge is 2.19. The van der Waals surface area contributed by atoms with Gasteiger partial charge in [0, 0.05) is 12.1 Å². The zero-order valence-corrected chi connectivity index (χ0v) is 13.2. The smallest absolute Gasteiger partial charge is 0.248 e. The van der Waals surface area contributed by atoms with Gasteiger partial charge in [0.15, 0.2) is 0 Å². The first-order valence-electron chi connectivity index (χ1n) is 7.92. The fraction of sp³-hybridized carbons (Fsp3) is 0.588. The van der Waals surface area contributed by atoms with E-state index in [-0.39, 0.29) is 5.91 Å². The van der Waals surface area contributed by atoms with E-state index in [1.165, 1.54) is 18.4 Å². The third kappa shape index (κ3) is 4.55. The number of likely N-dealkylation sites (tertiary alicyclic amines) is 1. The molecule has 0 aliphatic carbocycles. The largest absolute Gasteiger partial charge is 0.366 e. The molecule has 4 heteroatoms. The minimum absolute atomic E-state index is 0.353. The van der Waals surface area contributed by atoms with Crippen LogP contribution in [0.4, 0.5) is 0 Å². The van der Waals surface area contributed by atoms with Crippen LogP contribution in [-0.2, 0) is 6.54 Å². The van der Waals surface area contributed by atoms with Gasteiger partial charge in [-0.05, 0) is 75.1 Å². The highest BCUT2D eigenvalue weighted by atomic mass is 16.1. The lowest BCUT2D eigenvalue weighted by molar-refractivity contribution is 0.1000. The number of hydrogen-bond donors (Lipinski definition) is 2. The molecule has 116 valence electrons. The molecule has 0 spiro atoms. The molecule has 1 aromatic rings. The maximum atomic E-state index is 11.2. The molecule has 3 N–H and O–H groups in total. The molecule has 0 radical (unpaired) electrons. The Hall–Kier alpha value is -1.39. The molecule has 0 bridgehead atoms. The Morgan fingerprint density at radius 2 is 2.10 bits per heavy atom. The van der Waals surface area contributed by atoms with Crippen LogP contribution < -0.4 is 11.1 Å². The van der Waals surface area contributed by atoms with Crippen LogP contribution in [0.1, 0.15) is 41.3 Å².